The van der Waals surface area contributed by atoms with Gasteiger partial charge in [-0.05, 0) is 17.2 Å². The van der Waals surface area contributed by atoms with Gasteiger partial charge < -0.3 is 10.4 Å². The summed E-state index contributed by atoms with van der Waals surface area (Å²) in [7, 11) is 0. The van der Waals surface area contributed by atoms with E-state index < -0.39 is 23.6 Å². The van der Waals surface area contributed by atoms with E-state index >= 15 is 0 Å². The first-order valence-electron chi connectivity index (χ1n) is 6.69. The maximum atomic E-state index is 13.6. The van der Waals surface area contributed by atoms with Crippen LogP contribution in [0.1, 0.15) is 22.7 Å². The van der Waals surface area contributed by atoms with E-state index in [4.69, 9.17) is 0 Å². The van der Waals surface area contributed by atoms with Crippen LogP contribution in [0.5, 0.6) is 0 Å². The largest absolute Gasteiger partial charge is 0.391 e. The second kappa shape index (κ2) is 5.50. The lowest BCUT2D eigenvalue weighted by atomic mass is 10.1. The number of aliphatic hydroxyl groups is 1. The Balaban J connectivity index is 1.78. The fourth-order valence-corrected chi connectivity index (χ4v) is 2.74. The third-order valence-corrected chi connectivity index (χ3v) is 3.81. The normalized spacial score (nSPS) is 20.6. The maximum absolute atomic E-state index is 13.6. The lowest BCUT2D eigenvalue weighted by Crippen LogP contribution is -2.28. The highest BCUT2D eigenvalue weighted by Gasteiger charge is 2.30. The third kappa shape index (κ3) is 2.66. The van der Waals surface area contributed by atoms with Crippen LogP contribution in [0.2, 0.25) is 0 Å². The number of benzene rings is 2. The topological polar surface area (TPSA) is 32.3 Å². The average molecular weight is 293 g/mol. The van der Waals surface area contributed by atoms with E-state index in [1.54, 1.807) is 0 Å². The molecule has 0 spiro atoms. The first kappa shape index (κ1) is 14.1. The molecule has 0 unspecified atom stereocenters. The highest BCUT2D eigenvalue weighted by atomic mass is 19.2. The van der Waals surface area contributed by atoms with Crippen molar-refractivity contribution in [1.29, 1.82) is 0 Å². The molecular weight excluding hydrogens is 279 g/mol. The predicted octanol–water partition coefficient (Wildman–Crippen LogP) is 2.85. The van der Waals surface area contributed by atoms with Crippen LogP contribution in [0.4, 0.5) is 13.2 Å². The molecule has 0 aromatic heterocycles. The van der Waals surface area contributed by atoms with Crippen LogP contribution in [-0.4, -0.2) is 11.2 Å². The fraction of sp³-hybridized carbons (Fsp3) is 0.250. The van der Waals surface area contributed by atoms with E-state index in [1.165, 1.54) is 0 Å². The zero-order valence-corrected chi connectivity index (χ0v) is 11.1. The summed E-state index contributed by atoms with van der Waals surface area (Å²) in [6.07, 6.45) is -0.0931. The number of rotatable bonds is 3. The van der Waals surface area contributed by atoms with Crippen LogP contribution >= 0.6 is 0 Å². The summed E-state index contributed by atoms with van der Waals surface area (Å²) >= 11 is 0. The first-order valence-corrected chi connectivity index (χ1v) is 6.69. The van der Waals surface area contributed by atoms with Crippen LogP contribution in [0, 0.1) is 17.5 Å². The van der Waals surface area contributed by atoms with Crippen LogP contribution in [0.25, 0.3) is 0 Å². The minimum Gasteiger partial charge on any atom is -0.391 e. The molecule has 2 aromatic rings. The van der Waals surface area contributed by atoms with E-state index in [9.17, 15) is 18.3 Å². The molecule has 0 bridgehead atoms. The van der Waals surface area contributed by atoms with Gasteiger partial charge in [-0.2, -0.15) is 0 Å². The Bertz CT molecular complexity index is 675. The summed E-state index contributed by atoms with van der Waals surface area (Å²) in [4.78, 5) is 0. The van der Waals surface area contributed by atoms with Crippen molar-refractivity contribution in [3.8, 4) is 0 Å². The molecule has 0 heterocycles. The number of aliphatic hydroxyl groups excluding tert-OH is 1. The van der Waals surface area contributed by atoms with Crippen molar-refractivity contribution in [2.24, 2.45) is 0 Å². The Labute approximate surface area is 120 Å². The van der Waals surface area contributed by atoms with Gasteiger partial charge in [0.25, 0.3) is 0 Å². The molecule has 2 nitrogen and oxygen atoms in total. The van der Waals surface area contributed by atoms with Crippen LogP contribution in [0.15, 0.2) is 36.4 Å². The summed E-state index contributed by atoms with van der Waals surface area (Å²) in [5.74, 6) is -3.09. The van der Waals surface area contributed by atoms with E-state index in [-0.39, 0.29) is 18.2 Å². The minimum atomic E-state index is -1.21. The van der Waals surface area contributed by atoms with Gasteiger partial charge in [0.15, 0.2) is 11.6 Å². The molecule has 0 saturated carbocycles. The number of nitrogens with one attached hydrogen (secondary N) is 1. The molecule has 110 valence electrons. The Morgan fingerprint density at radius 1 is 1.05 bits per heavy atom. The van der Waals surface area contributed by atoms with E-state index in [0.29, 0.717) is 12.5 Å². The number of hydrogen-bond acceptors (Lipinski definition) is 2. The molecule has 21 heavy (non-hydrogen) atoms. The smallest absolute Gasteiger partial charge is 0.161 e. The molecule has 0 fully saturated rings. The molecule has 0 aliphatic heterocycles. The fourth-order valence-electron chi connectivity index (χ4n) is 2.74. The van der Waals surface area contributed by atoms with Gasteiger partial charge in [0.1, 0.15) is 5.82 Å². The first-order chi connectivity index (χ1) is 10.1. The van der Waals surface area contributed by atoms with Crippen molar-refractivity contribution >= 4 is 0 Å². The average Bonchev–Trinajstić information content (AvgIpc) is 2.77. The Morgan fingerprint density at radius 3 is 2.57 bits per heavy atom. The van der Waals surface area contributed by atoms with E-state index in [1.807, 2.05) is 24.3 Å². The quantitative estimate of drug-likeness (QED) is 0.853. The van der Waals surface area contributed by atoms with Crippen molar-refractivity contribution < 1.29 is 18.3 Å². The Hall–Kier alpha value is -1.85. The number of hydrogen-bond donors (Lipinski definition) is 2. The van der Waals surface area contributed by atoms with Gasteiger partial charge in [-0.1, -0.05) is 24.3 Å². The van der Waals surface area contributed by atoms with Gasteiger partial charge in [0.2, 0.25) is 0 Å². The number of fused-ring (bicyclic) bond motifs is 1. The summed E-state index contributed by atoms with van der Waals surface area (Å²) in [6.45, 7) is 0.0130. The van der Waals surface area contributed by atoms with Gasteiger partial charge in [-0.15, -0.1) is 0 Å². The molecule has 2 aromatic carbocycles. The van der Waals surface area contributed by atoms with Crippen molar-refractivity contribution in [3.05, 3.63) is 70.5 Å². The van der Waals surface area contributed by atoms with Crippen LogP contribution in [0.3, 0.4) is 0 Å². The molecule has 0 radical (unpaired) electrons. The Morgan fingerprint density at radius 2 is 1.76 bits per heavy atom. The van der Waals surface area contributed by atoms with Crippen molar-refractivity contribution in [2.45, 2.75) is 25.1 Å². The van der Waals surface area contributed by atoms with Gasteiger partial charge in [-0.3, -0.25) is 0 Å². The summed E-state index contributed by atoms with van der Waals surface area (Å²) in [5, 5.41) is 13.1. The van der Waals surface area contributed by atoms with Crippen molar-refractivity contribution in [1.82, 2.24) is 5.32 Å². The van der Waals surface area contributed by atoms with Gasteiger partial charge in [0.05, 0.1) is 12.1 Å². The second-order valence-electron chi connectivity index (χ2n) is 5.19. The van der Waals surface area contributed by atoms with E-state index in [2.05, 4.69) is 5.32 Å². The zero-order valence-electron chi connectivity index (χ0n) is 11.1. The van der Waals surface area contributed by atoms with Crippen LogP contribution in [-0.2, 0) is 13.0 Å². The lowest BCUT2D eigenvalue weighted by molar-refractivity contribution is 0.140. The molecule has 1 aliphatic rings. The molecular formula is C16H14F3NO. The SMILES string of the molecule is O[C@H]1Cc2ccccc2[C@H]1NCc1cc(F)c(F)cc1F. The zero-order chi connectivity index (χ0) is 15.0. The summed E-state index contributed by atoms with van der Waals surface area (Å²) in [6, 6.07) is 8.61. The minimum absolute atomic E-state index is 0.0130. The third-order valence-electron chi connectivity index (χ3n) is 3.81. The van der Waals surface area contributed by atoms with Crippen molar-refractivity contribution in [3.63, 3.8) is 0 Å². The molecule has 0 saturated heterocycles. The second-order valence-corrected chi connectivity index (χ2v) is 5.19. The van der Waals surface area contributed by atoms with Gasteiger partial charge in [0, 0.05) is 24.6 Å². The summed E-state index contributed by atoms with van der Waals surface area (Å²) < 4.78 is 39.6. The van der Waals surface area contributed by atoms with Crippen LogP contribution < -0.4 is 5.32 Å². The summed E-state index contributed by atoms with van der Waals surface area (Å²) in [5.41, 5.74) is 2.02. The molecule has 3 rings (SSSR count). The molecule has 1 aliphatic carbocycles. The molecule has 0 amide bonds. The standard InChI is InChI=1S/C16H14F3NO/c17-12-7-14(19)13(18)5-10(12)8-20-16-11-4-2-1-3-9(11)6-15(16)21/h1-5,7,15-16,20-21H,6,8H2/t15-,16+/m0/s1. The Kier molecular flexibility index (Phi) is 3.69. The maximum Gasteiger partial charge on any atom is 0.161 e. The number of halogens is 3. The lowest BCUT2D eigenvalue weighted by Gasteiger charge is -2.18. The van der Waals surface area contributed by atoms with E-state index in [0.717, 1.165) is 17.2 Å². The van der Waals surface area contributed by atoms with Crippen molar-refractivity contribution in [2.75, 3.05) is 0 Å². The van der Waals surface area contributed by atoms with Gasteiger partial charge >= 0.3 is 0 Å². The predicted molar refractivity (Wildman–Crippen MR) is 72.0 cm³/mol. The monoisotopic (exact) mass is 293 g/mol. The highest BCUT2D eigenvalue weighted by molar-refractivity contribution is 5.36. The molecule has 5 heteroatoms. The molecule has 2 atom stereocenters. The van der Waals surface area contributed by atoms with Gasteiger partial charge in [-0.25, -0.2) is 13.2 Å². The molecule has 2 N–H and O–H groups in total. The highest BCUT2D eigenvalue weighted by Crippen LogP contribution is 2.31.